The third-order valence-electron chi connectivity index (χ3n) is 3.75. The van der Waals surface area contributed by atoms with E-state index in [1.165, 1.54) is 0 Å². The average Bonchev–Trinajstić information content (AvgIpc) is 2.56. The van der Waals surface area contributed by atoms with Crippen LogP contribution in [0.5, 0.6) is 0 Å². The van der Waals surface area contributed by atoms with E-state index in [0.717, 1.165) is 36.1 Å². The molecule has 0 radical (unpaired) electrons. The summed E-state index contributed by atoms with van der Waals surface area (Å²) in [7, 11) is 0. The fourth-order valence-corrected chi connectivity index (χ4v) is 1.78. The van der Waals surface area contributed by atoms with Crippen molar-refractivity contribution >= 4 is 5.84 Å². The van der Waals surface area contributed by atoms with Gasteiger partial charge in [0.15, 0.2) is 0 Å². The summed E-state index contributed by atoms with van der Waals surface area (Å²) >= 11 is 0. The van der Waals surface area contributed by atoms with E-state index in [9.17, 15) is 0 Å². The van der Waals surface area contributed by atoms with Crippen LogP contribution in [0.1, 0.15) is 53.9 Å². The maximum atomic E-state index is 6.09. The van der Waals surface area contributed by atoms with Crippen molar-refractivity contribution in [3.63, 3.8) is 0 Å². The number of nitrogens with zero attached hydrogens (tertiary/aromatic N) is 1. The van der Waals surface area contributed by atoms with Gasteiger partial charge in [0.2, 0.25) is 0 Å². The van der Waals surface area contributed by atoms with Crippen molar-refractivity contribution in [3.8, 4) is 0 Å². The largest absolute Gasteiger partial charge is 0.396 e. The van der Waals surface area contributed by atoms with Crippen LogP contribution in [0.2, 0.25) is 0 Å². The average molecular weight is 316 g/mol. The molecule has 0 saturated carbocycles. The smallest absolute Gasteiger partial charge is 0.147 e. The van der Waals surface area contributed by atoms with Gasteiger partial charge in [0, 0.05) is 0 Å². The zero-order valence-electron chi connectivity index (χ0n) is 15.4. The molecule has 1 atom stereocenters. The first-order chi connectivity index (χ1) is 10.9. The Hall–Kier alpha value is -2.03. The minimum absolute atomic E-state index is 0.371. The fourth-order valence-electron chi connectivity index (χ4n) is 1.78. The zero-order valence-corrected chi connectivity index (χ0v) is 15.4. The summed E-state index contributed by atoms with van der Waals surface area (Å²) < 4.78 is 0. The van der Waals surface area contributed by atoms with Gasteiger partial charge in [0.1, 0.15) is 5.84 Å². The molecule has 0 spiro atoms. The van der Waals surface area contributed by atoms with Gasteiger partial charge in [-0.25, -0.2) is 4.99 Å². The monoisotopic (exact) mass is 315 g/mol. The molecule has 0 aromatic heterocycles. The van der Waals surface area contributed by atoms with Crippen LogP contribution in [0.15, 0.2) is 64.5 Å². The highest BCUT2D eigenvalue weighted by Gasteiger charge is 2.06. The Kier molecular flexibility index (Phi) is 10.5. The number of amidine groups is 1. The van der Waals surface area contributed by atoms with E-state index in [4.69, 9.17) is 11.5 Å². The molecule has 0 rings (SSSR count). The highest BCUT2D eigenvalue weighted by molar-refractivity contribution is 5.97. The predicted octanol–water partition coefficient (Wildman–Crippen LogP) is 4.99. The molecule has 0 saturated heterocycles. The summed E-state index contributed by atoms with van der Waals surface area (Å²) in [5.74, 6) is 0.885. The lowest BCUT2D eigenvalue weighted by molar-refractivity contribution is 0.698. The van der Waals surface area contributed by atoms with Gasteiger partial charge >= 0.3 is 0 Å². The molecule has 0 fully saturated rings. The molecular weight excluding hydrogens is 282 g/mol. The molecule has 0 aromatic carbocycles. The maximum Gasteiger partial charge on any atom is 0.147 e. The minimum Gasteiger partial charge on any atom is -0.396 e. The van der Waals surface area contributed by atoms with Gasteiger partial charge in [0.05, 0.1) is 11.4 Å². The van der Waals surface area contributed by atoms with Crippen molar-refractivity contribution in [2.24, 2.45) is 22.4 Å². The molecule has 0 amide bonds. The molecule has 0 aliphatic carbocycles. The van der Waals surface area contributed by atoms with E-state index in [1.807, 2.05) is 13.0 Å². The van der Waals surface area contributed by atoms with Gasteiger partial charge in [-0.1, -0.05) is 71.1 Å². The molecule has 4 N–H and O–H groups in total. The SMILES string of the molecule is C=C/C=C(\C=C/C(C)CC)C(=C/CC)/N=C(N)\C(N)=C(/C)CC. The highest BCUT2D eigenvalue weighted by Crippen LogP contribution is 2.17. The highest BCUT2D eigenvalue weighted by atomic mass is 14.9. The van der Waals surface area contributed by atoms with E-state index < -0.39 is 0 Å². The van der Waals surface area contributed by atoms with Crippen molar-refractivity contribution in [3.05, 3.63) is 59.5 Å². The Bertz CT molecular complexity index is 531. The molecule has 128 valence electrons. The van der Waals surface area contributed by atoms with Crippen LogP contribution in [-0.4, -0.2) is 5.84 Å². The molecule has 0 aromatic rings. The Morgan fingerprint density at radius 2 is 1.87 bits per heavy atom. The third-order valence-corrected chi connectivity index (χ3v) is 3.75. The topological polar surface area (TPSA) is 64.4 Å². The van der Waals surface area contributed by atoms with Crippen LogP contribution >= 0.6 is 0 Å². The quantitative estimate of drug-likeness (QED) is 0.357. The van der Waals surface area contributed by atoms with Gasteiger partial charge < -0.3 is 11.5 Å². The first-order valence-corrected chi connectivity index (χ1v) is 8.42. The van der Waals surface area contributed by atoms with Crippen molar-refractivity contribution in [2.75, 3.05) is 0 Å². The van der Waals surface area contributed by atoms with Crippen LogP contribution in [0, 0.1) is 5.92 Å². The number of nitrogens with two attached hydrogens (primary N) is 2. The second-order valence-electron chi connectivity index (χ2n) is 5.64. The fraction of sp³-hybridized carbons (Fsp3) is 0.450. The van der Waals surface area contributed by atoms with Crippen LogP contribution in [0.4, 0.5) is 0 Å². The van der Waals surface area contributed by atoms with Crippen molar-refractivity contribution in [2.45, 2.75) is 53.9 Å². The second-order valence-corrected chi connectivity index (χ2v) is 5.64. The lowest BCUT2D eigenvalue weighted by Gasteiger charge is -2.09. The summed E-state index contributed by atoms with van der Waals surface area (Å²) in [6.07, 6.45) is 12.9. The molecule has 0 aliphatic rings. The number of rotatable bonds is 9. The summed E-state index contributed by atoms with van der Waals surface area (Å²) in [6, 6.07) is 0. The lowest BCUT2D eigenvalue weighted by Crippen LogP contribution is -2.22. The second kappa shape index (κ2) is 11.5. The first kappa shape index (κ1) is 21.0. The Balaban J connectivity index is 5.77. The molecule has 23 heavy (non-hydrogen) atoms. The van der Waals surface area contributed by atoms with E-state index in [2.05, 4.69) is 57.5 Å². The molecular formula is C20H33N3. The first-order valence-electron chi connectivity index (χ1n) is 8.42. The normalized spacial score (nSPS) is 16.5. The maximum absolute atomic E-state index is 6.09. The van der Waals surface area contributed by atoms with E-state index >= 15 is 0 Å². The van der Waals surface area contributed by atoms with Gasteiger partial charge in [-0.15, -0.1) is 0 Å². The van der Waals surface area contributed by atoms with E-state index in [-0.39, 0.29) is 0 Å². The summed E-state index contributed by atoms with van der Waals surface area (Å²) in [5.41, 5.74) is 15.6. The zero-order chi connectivity index (χ0) is 17.8. The molecule has 3 nitrogen and oxygen atoms in total. The molecule has 0 bridgehead atoms. The van der Waals surface area contributed by atoms with Crippen LogP contribution in [0.3, 0.4) is 0 Å². The minimum atomic E-state index is 0.371. The van der Waals surface area contributed by atoms with Gasteiger partial charge in [-0.3, -0.25) is 0 Å². The Morgan fingerprint density at radius 1 is 1.22 bits per heavy atom. The Labute approximate surface area is 142 Å². The molecule has 3 heteroatoms. The number of hydrogen-bond acceptors (Lipinski definition) is 2. The van der Waals surface area contributed by atoms with Crippen molar-refractivity contribution in [1.29, 1.82) is 0 Å². The third kappa shape index (κ3) is 7.68. The number of aliphatic imine (C=N–C) groups is 1. The van der Waals surface area contributed by atoms with E-state index in [1.54, 1.807) is 6.08 Å². The molecule has 0 aliphatic heterocycles. The Morgan fingerprint density at radius 3 is 2.35 bits per heavy atom. The standard InChI is InChI=1S/C20H33N3/c1-7-11-17(14-13-15(5)9-3)18(12-8-2)23-20(22)19(21)16(6)10-4/h7,11-15H,1,8-10,21H2,2-6H3,(H2,22,23)/b14-13-,17-11+,18-12-,19-16-. The predicted molar refractivity (Wildman–Crippen MR) is 104 cm³/mol. The van der Waals surface area contributed by atoms with Gasteiger partial charge in [0.25, 0.3) is 0 Å². The lowest BCUT2D eigenvalue weighted by atomic mass is 10.0. The van der Waals surface area contributed by atoms with Crippen LogP contribution in [0.25, 0.3) is 0 Å². The van der Waals surface area contributed by atoms with Crippen molar-refractivity contribution < 1.29 is 0 Å². The summed E-state index contributed by atoms with van der Waals surface area (Å²) in [6.45, 7) is 14.3. The number of hydrogen-bond donors (Lipinski definition) is 2. The van der Waals surface area contributed by atoms with Crippen LogP contribution < -0.4 is 11.5 Å². The summed E-state index contributed by atoms with van der Waals surface area (Å²) in [4.78, 5) is 4.56. The van der Waals surface area contributed by atoms with E-state index in [0.29, 0.717) is 17.5 Å². The molecule has 0 heterocycles. The van der Waals surface area contributed by atoms with Gasteiger partial charge in [-0.05, 0) is 36.8 Å². The number of allylic oxidation sites excluding steroid dienone is 6. The summed E-state index contributed by atoms with van der Waals surface area (Å²) in [5, 5.41) is 0. The van der Waals surface area contributed by atoms with Crippen molar-refractivity contribution in [1.82, 2.24) is 0 Å². The van der Waals surface area contributed by atoms with Gasteiger partial charge in [-0.2, -0.15) is 0 Å². The molecule has 1 unspecified atom stereocenters. The van der Waals surface area contributed by atoms with Crippen LogP contribution in [-0.2, 0) is 0 Å².